The van der Waals surface area contributed by atoms with E-state index in [4.69, 9.17) is 0 Å². The predicted octanol–water partition coefficient (Wildman–Crippen LogP) is 4.60. The van der Waals surface area contributed by atoms with Crippen molar-refractivity contribution >= 4 is 17.1 Å². The van der Waals surface area contributed by atoms with Gasteiger partial charge >= 0.3 is 0 Å². The molecule has 0 saturated heterocycles. The highest BCUT2D eigenvalue weighted by atomic mass is 15.5. The highest BCUT2D eigenvalue weighted by molar-refractivity contribution is 5.61. The van der Waals surface area contributed by atoms with E-state index >= 15 is 0 Å². The van der Waals surface area contributed by atoms with E-state index in [1.54, 1.807) is 0 Å². The summed E-state index contributed by atoms with van der Waals surface area (Å²) in [6.45, 7) is 0.761. The van der Waals surface area contributed by atoms with Gasteiger partial charge in [0.1, 0.15) is 0 Å². The summed E-state index contributed by atoms with van der Waals surface area (Å²) in [6.07, 6.45) is 0. The molecular weight excluding hydrogens is 294 g/mol. The Morgan fingerprint density at radius 2 is 1.12 bits per heavy atom. The van der Waals surface area contributed by atoms with Crippen molar-refractivity contribution in [2.24, 2.45) is 0 Å². The molecule has 122 valence electrons. The predicted molar refractivity (Wildman–Crippen MR) is 103 cm³/mol. The molecule has 3 nitrogen and oxygen atoms in total. The van der Waals surface area contributed by atoms with Gasteiger partial charge < -0.3 is 4.90 Å². The van der Waals surface area contributed by atoms with Crippen LogP contribution in [0.1, 0.15) is 5.56 Å². The summed E-state index contributed by atoms with van der Waals surface area (Å²) in [7, 11) is 4.11. The van der Waals surface area contributed by atoms with Crippen LogP contribution in [0.2, 0.25) is 0 Å². The number of rotatable bonds is 6. The van der Waals surface area contributed by atoms with Crippen LogP contribution < -0.4 is 15.3 Å². The lowest BCUT2D eigenvalue weighted by atomic mass is 10.2. The van der Waals surface area contributed by atoms with Crippen molar-refractivity contribution in [3.63, 3.8) is 0 Å². The molecule has 0 radical (unpaired) electrons. The van der Waals surface area contributed by atoms with Gasteiger partial charge in [0.15, 0.2) is 0 Å². The Morgan fingerprint density at radius 1 is 0.625 bits per heavy atom. The third-order valence-electron chi connectivity index (χ3n) is 3.92. The van der Waals surface area contributed by atoms with Crippen molar-refractivity contribution in [3.05, 3.63) is 90.5 Å². The maximum absolute atomic E-state index is 3.54. The molecule has 0 amide bonds. The van der Waals surface area contributed by atoms with E-state index in [1.807, 2.05) is 12.1 Å². The molecule has 0 saturated carbocycles. The standard InChI is InChI=1S/C21H23N3/c1-23(2)19-15-13-18(14-16-19)17-22-24(20-9-5-3-6-10-20)21-11-7-4-8-12-21/h3-16,22H,17H2,1-2H3. The second-order valence-corrected chi connectivity index (χ2v) is 5.90. The van der Waals surface area contributed by atoms with E-state index in [0.29, 0.717) is 0 Å². The lowest BCUT2D eigenvalue weighted by Gasteiger charge is -2.26. The first-order chi connectivity index (χ1) is 11.7. The van der Waals surface area contributed by atoms with Gasteiger partial charge in [0.05, 0.1) is 11.4 Å². The quantitative estimate of drug-likeness (QED) is 0.671. The Kier molecular flexibility index (Phi) is 5.14. The van der Waals surface area contributed by atoms with Crippen LogP contribution >= 0.6 is 0 Å². The number of anilines is 3. The first-order valence-corrected chi connectivity index (χ1v) is 8.14. The lowest BCUT2D eigenvalue weighted by Crippen LogP contribution is -2.33. The van der Waals surface area contributed by atoms with Crippen LogP contribution in [-0.2, 0) is 6.54 Å². The minimum atomic E-state index is 0.761. The average Bonchev–Trinajstić information content (AvgIpc) is 2.64. The second kappa shape index (κ2) is 7.66. The smallest absolute Gasteiger partial charge is 0.0577 e. The molecule has 0 bridgehead atoms. The molecule has 0 aromatic heterocycles. The molecule has 24 heavy (non-hydrogen) atoms. The molecule has 3 aromatic rings. The number of nitrogens with one attached hydrogen (secondary N) is 1. The van der Waals surface area contributed by atoms with Crippen molar-refractivity contribution in [2.75, 3.05) is 24.0 Å². The number of hydrogen-bond acceptors (Lipinski definition) is 3. The summed E-state index contributed by atoms with van der Waals surface area (Å²) in [5.41, 5.74) is 8.23. The van der Waals surface area contributed by atoms with E-state index < -0.39 is 0 Å². The number of benzene rings is 3. The van der Waals surface area contributed by atoms with Gasteiger partial charge in [0, 0.05) is 26.3 Å². The lowest BCUT2D eigenvalue weighted by molar-refractivity contribution is 0.707. The third kappa shape index (κ3) is 3.94. The first kappa shape index (κ1) is 16.1. The highest BCUT2D eigenvalue weighted by Gasteiger charge is 2.08. The van der Waals surface area contributed by atoms with Crippen LogP contribution in [0.4, 0.5) is 17.1 Å². The van der Waals surface area contributed by atoms with Gasteiger partial charge in [-0.2, -0.15) is 0 Å². The zero-order valence-electron chi connectivity index (χ0n) is 14.2. The summed E-state index contributed by atoms with van der Waals surface area (Å²) < 4.78 is 0. The topological polar surface area (TPSA) is 18.5 Å². The maximum Gasteiger partial charge on any atom is 0.0577 e. The van der Waals surface area contributed by atoms with Crippen LogP contribution in [0.5, 0.6) is 0 Å². The summed E-state index contributed by atoms with van der Waals surface area (Å²) in [5.74, 6) is 0. The fourth-order valence-corrected chi connectivity index (χ4v) is 2.57. The summed E-state index contributed by atoms with van der Waals surface area (Å²) >= 11 is 0. The van der Waals surface area contributed by atoms with Crippen LogP contribution in [0.15, 0.2) is 84.9 Å². The Hall–Kier alpha value is -2.78. The van der Waals surface area contributed by atoms with Crippen molar-refractivity contribution in [1.82, 2.24) is 5.43 Å². The molecule has 3 rings (SSSR count). The molecule has 3 aromatic carbocycles. The molecule has 0 atom stereocenters. The van der Waals surface area contributed by atoms with Gasteiger partial charge in [-0.05, 0) is 42.0 Å². The Labute approximate surface area is 144 Å². The molecular formula is C21H23N3. The van der Waals surface area contributed by atoms with Gasteiger partial charge in [0.2, 0.25) is 0 Å². The minimum Gasteiger partial charge on any atom is -0.378 e. The summed E-state index contributed by atoms with van der Waals surface area (Å²) in [5, 5.41) is 2.12. The maximum atomic E-state index is 3.54. The first-order valence-electron chi connectivity index (χ1n) is 8.14. The molecule has 0 aliphatic rings. The monoisotopic (exact) mass is 317 g/mol. The van der Waals surface area contributed by atoms with Crippen LogP contribution in [-0.4, -0.2) is 14.1 Å². The molecule has 0 spiro atoms. The van der Waals surface area contributed by atoms with E-state index in [-0.39, 0.29) is 0 Å². The molecule has 3 heteroatoms. The number of nitrogens with zero attached hydrogens (tertiary/aromatic N) is 2. The average molecular weight is 317 g/mol. The largest absolute Gasteiger partial charge is 0.378 e. The number of para-hydroxylation sites is 2. The SMILES string of the molecule is CN(C)c1ccc(CNN(c2ccccc2)c2ccccc2)cc1. The fraction of sp³-hybridized carbons (Fsp3) is 0.143. The normalized spacial score (nSPS) is 10.4. The Bertz CT molecular complexity index is 698. The third-order valence-corrected chi connectivity index (χ3v) is 3.92. The molecule has 0 aliphatic heterocycles. The summed E-state index contributed by atoms with van der Waals surface area (Å²) in [6, 6.07) is 29.3. The Balaban J connectivity index is 1.77. The zero-order valence-corrected chi connectivity index (χ0v) is 14.2. The van der Waals surface area contributed by atoms with E-state index in [0.717, 1.165) is 17.9 Å². The molecule has 1 N–H and O–H groups in total. The number of hydrazine groups is 1. The van der Waals surface area contributed by atoms with E-state index in [9.17, 15) is 0 Å². The van der Waals surface area contributed by atoms with Gasteiger partial charge in [-0.25, -0.2) is 5.43 Å². The second-order valence-electron chi connectivity index (χ2n) is 5.90. The zero-order chi connectivity index (χ0) is 16.8. The van der Waals surface area contributed by atoms with Crippen LogP contribution in [0.3, 0.4) is 0 Å². The van der Waals surface area contributed by atoms with Gasteiger partial charge in [0.25, 0.3) is 0 Å². The van der Waals surface area contributed by atoms with Crippen LogP contribution in [0, 0.1) is 0 Å². The van der Waals surface area contributed by atoms with E-state index in [1.165, 1.54) is 11.3 Å². The minimum absolute atomic E-state index is 0.761. The van der Waals surface area contributed by atoms with Gasteiger partial charge in [-0.15, -0.1) is 0 Å². The Morgan fingerprint density at radius 3 is 1.58 bits per heavy atom. The molecule has 0 fully saturated rings. The van der Waals surface area contributed by atoms with Crippen molar-refractivity contribution in [3.8, 4) is 0 Å². The fourth-order valence-electron chi connectivity index (χ4n) is 2.57. The summed E-state index contributed by atoms with van der Waals surface area (Å²) in [4.78, 5) is 2.11. The van der Waals surface area contributed by atoms with Crippen molar-refractivity contribution < 1.29 is 0 Å². The van der Waals surface area contributed by atoms with Gasteiger partial charge in [-0.1, -0.05) is 48.5 Å². The van der Waals surface area contributed by atoms with Crippen molar-refractivity contribution in [1.29, 1.82) is 0 Å². The molecule has 0 unspecified atom stereocenters. The molecule has 0 heterocycles. The van der Waals surface area contributed by atoms with Crippen LogP contribution in [0.25, 0.3) is 0 Å². The molecule has 0 aliphatic carbocycles. The van der Waals surface area contributed by atoms with Gasteiger partial charge in [-0.3, -0.25) is 5.01 Å². The number of hydrogen-bond donors (Lipinski definition) is 1. The highest BCUT2D eigenvalue weighted by Crippen LogP contribution is 2.23. The van der Waals surface area contributed by atoms with Crippen molar-refractivity contribution in [2.45, 2.75) is 6.54 Å². The van der Waals surface area contributed by atoms with E-state index in [2.05, 4.69) is 102 Å².